The quantitative estimate of drug-likeness (QED) is 0.594. The summed E-state index contributed by atoms with van der Waals surface area (Å²) in [5.41, 5.74) is 0.798. The Hall–Kier alpha value is -2.12. The zero-order valence-corrected chi connectivity index (χ0v) is 11.3. The van der Waals surface area contributed by atoms with Gasteiger partial charge in [-0.3, -0.25) is 0 Å². The van der Waals surface area contributed by atoms with E-state index in [0.717, 1.165) is 5.56 Å². The van der Waals surface area contributed by atoms with Gasteiger partial charge in [-0.2, -0.15) is 0 Å². The Morgan fingerprint density at radius 1 is 1.19 bits per heavy atom. The molecule has 1 saturated heterocycles. The first-order valence-electron chi connectivity index (χ1n) is 6.65. The van der Waals surface area contributed by atoms with Crippen LogP contribution >= 0.6 is 0 Å². The van der Waals surface area contributed by atoms with Crippen LogP contribution in [-0.4, -0.2) is 63.6 Å². The predicted molar refractivity (Wildman–Crippen MR) is 73.7 cm³/mol. The van der Waals surface area contributed by atoms with Crippen molar-refractivity contribution in [3.63, 3.8) is 0 Å². The molecule has 21 heavy (non-hydrogen) atoms. The number of aliphatic carboxylic acids is 1. The fourth-order valence-corrected chi connectivity index (χ4v) is 2.23. The van der Waals surface area contributed by atoms with E-state index < -0.39 is 30.3 Å². The summed E-state index contributed by atoms with van der Waals surface area (Å²) in [5.74, 6) is -1.13. The number of β-amino-alcohol motifs (C(OH)–C–C–N with tert-alkyl or cyclic N) is 2. The minimum Gasteiger partial charge on any atom is -0.480 e. The monoisotopic (exact) mass is 294 g/mol. The van der Waals surface area contributed by atoms with E-state index in [-0.39, 0.29) is 19.5 Å². The van der Waals surface area contributed by atoms with Crippen molar-refractivity contribution in [3.8, 4) is 0 Å². The molecule has 0 aliphatic carbocycles. The summed E-state index contributed by atoms with van der Waals surface area (Å²) in [4.78, 5) is 24.4. The molecule has 0 bridgehead atoms. The summed E-state index contributed by atoms with van der Waals surface area (Å²) in [5, 5.41) is 30.4. The molecule has 1 aliphatic heterocycles. The van der Waals surface area contributed by atoms with E-state index in [1.54, 1.807) is 24.3 Å². The Morgan fingerprint density at radius 2 is 1.76 bits per heavy atom. The Labute approximate surface area is 121 Å². The van der Waals surface area contributed by atoms with Crippen LogP contribution in [0, 0.1) is 0 Å². The van der Waals surface area contributed by atoms with Crippen LogP contribution in [0.5, 0.6) is 0 Å². The number of carbonyl (C=O) groups is 2. The molecule has 0 aromatic heterocycles. The van der Waals surface area contributed by atoms with Crippen LogP contribution in [0.2, 0.25) is 0 Å². The molecule has 7 heteroatoms. The van der Waals surface area contributed by atoms with E-state index in [2.05, 4.69) is 5.32 Å². The molecule has 114 valence electrons. The molecule has 0 radical (unpaired) electrons. The molecule has 1 heterocycles. The number of aliphatic hydroxyl groups is 2. The first-order valence-corrected chi connectivity index (χ1v) is 6.65. The fourth-order valence-electron chi connectivity index (χ4n) is 2.23. The van der Waals surface area contributed by atoms with Gasteiger partial charge in [0.05, 0.1) is 25.3 Å². The molecule has 1 fully saturated rings. The van der Waals surface area contributed by atoms with Gasteiger partial charge < -0.3 is 25.5 Å². The van der Waals surface area contributed by atoms with Crippen molar-refractivity contribution in [1.82, 2.24) is 10.2 Å². The third-order valence-electron chi connectivity index (χ3n) is 3.42. The number of nitrogens with zero attached hydrogens (tertiary/aromatic N) is 1. The molecule has 0 spiro atoms. The van der Waals surface area contributed by atoms with Crippen molar-refractivity contribution in [2.45, 2.75) is 24.7 Å². The molecule has 1 aliphatic rings. The number of rotatable bonds is 4. The molecule has 3 atom stereocenters. The van der Waals surface area contributed by atoms with Crippen molar-refractivity contribution in [1.29, 1.82) is 0 Å². The summed E-state index contributed by atoms with van der Waals surface area (Å²) in [6.07, 6.45) is -1.82. The first-order chi connectivity index (χ1) is 9.97. The fraction of sp³-hybridized carbons (Fsp3) is 0.429. The minimum absolute atomic E-state index is 0.00925. The Bertz CT molecular complexity index is 497. The van der Waals surface area contributed by atoms with Crippen LogP contribution in [0.25, 0.3) is 0 Å². The van der Waals surface area contributed by atoms with Crippen LogP contribution < -0.4 is 5.32 Å². The van der Waals surface area contributed by atoms with Gasteiger partial charge in [-0.1, -0.05) is 30.3 Å². The van der Waals surface area contributed by atoms with E-state index in [1.807, 2.05) is 6.07 Å². The average Bonchev–Trinajstić information content (AvgIpc) is 2.79. The Balaban J connectivity index is 1.97. The lowest BCUT2D eigenvalue weighted by Crippen LogP contribution is -2.48. The van der Waals surface area contributed by atoms with Crippen LogP contribution in [0.4, 0.5) is 4.79 Å². The number of carbonyl (C=O) groups excluding carboxylic acids is 1. The van der Waals surface area contributed by atoms with Crippen LogP contribution in [0.15, 0.2) is 30.3 Å². The lowest BCUT2D eigenvalue weighted by Gasteiger charge is -2.20. The SMILES string of the molecule is O=C(O)[C@H](Cc1ccccc1)NC(=O)N1C[C@@H](O)[C@@H](O)C1. The van der Waals surface area contributed by atoms with Gasteiger partial charge in [0.2, 0.25) is 0 Å². The molecule has 0 unspecified atom stereocenters. The van der Waals surface area contributed by atoms with Crippen molar-refractivity contribution in [2.24, 2.45) is 0 Å². The van der Waals surface area contributed by atoms with Crippen molar-refractivity contribution in [2.75, 3.05) is 13.1 Å². The van der Waals surface area contributed by atoms with Gasteiger partial charge >= 0.3 is 12.0 Å². The molecule has 2 rings (SSSR count). The van der Waals surface area contributed by atoms with Gasteiger partial charge in [0, 0.05) is 6.42 Å². The second-order valence-corrected chi connectivity index (χ2v) is 5.07. The van der Waals surface area contributed by atoms with Crippen LogP contribution in [0.1, 0.15) is 5.56 Å². The molecular formula is C14H18N2O5. The second-order valence-electron chi connectivity index (χ2n) is 5.07. The summed E-state index contributed by atoms with van der Waals surface area (Å²) >= 11 is 0. The lowest BCUT2D eigenvalue weighted by molar-refractivity contribution is -0.139. The highest BCUT2D eigenvalue weighted by molar-refractivity contribution is 5.83. The van der Waals surface area contributed by atoms with Gasteiger partial charge in [0.25, 0.3) is 0 Å². The van der Waals surface area contributed by atoms with Crippen LogP contribution in [-0.2, 0) is 11.2 Å². The highest BCUT2D eigenvalue weighted by atomic mass is 16.4. The molecule has 2 amide bonds. The Kier molecular flexibility index (Phi) is 4.77. The number of amides is 2. The maximum atomic E-state index is 12.0. The van der Waals surface area contributed by atoms with Gasteiger partial charge in [-0.25, -0.2) is 9.59 Å². The van der Waals surface area contributed by atoms with Crippen molar-refractivity contribution >= 4 is 12.0 Å². The van der Waals surface area contributed by atoms with Crippen molar-refractivity contribution in [3.05, 3.63) is 35.9 Å². The van der Waals surface area contributed by atoms with Gasteiger partial charge in [-0.05, 0) is 5.56 Å². The smallest absolute Gasteiger partial charge is 0.326 e. The number of aliphatic hydroxyl groups excluding tert-OH is 2. The topological polar surface area (TPSA) is 110 Å². The van der Waals surface area contributed by atoms with Crippen molar-refractivity contribution < 1.29 is 24.9 Å². The van der Waals surface area contributed by atoms with E-state index in [4.69, 9.17) is 0 Å². The normalized spacial score (nSPS) is 22.9. The maximum Gasteiger partial charge on any atom is 0.326 e. The van der Waals surface area contributed by atoms with Gasteiger partial charge in [0.15, 0.2) is 0 Å². The van der Waals surface area contributed by atoms with Gasteiger partial charge in [0.1, 0.15) is 6.04 Å². The largest absolute Gasteiger partial charge is 0.480 e. The molecular weight excluding hydrogens is 276 g/mol. The molecule has 7 nitrogen and oxygen atoms in total. The van der Waals surface area contributed by atoms with E-state index >= 15 is 0 Å². The molecule has 1 aromatic rings. The third-order valence-corrected chi connectivity index (χ3v) is 3.42. The highest BCUT2D eigenvalue weighted by Crippen LogP contribution is 2.11. The maximum absolute atomic E-state index is 12.0. The number of carboxylic acid groups (broad SMARTS) is 1. The Morgan fingerprint density at radius 3 is 2.29 bits per heavy atom. The molecule has 4 N–H and O–H groups in total. The van der Waals surface area contributed by atoms with Gasteiger partial charge in [-0.15, -0.1) is 0 Å². The lowest BCUT2D eigenvalue weighted by atomic mass is 10.1. The number of benzene rings is 1. The molecule has 1 aromatic carbocycles. The zero-order valence-electron chi connectivity index (χ0n) is 11.3. The van der Waals surface area contributed by atoms with E-state index in [1.165, 1.54) is 4.90 Å². The summed E-state index contributed by atoms with van der Waals surface area (Å²) in [6, 6.07) is 7.32. The number of carboxylic acids is 1. The zero-order chi connectivity index (χ0) is 15.4. The van der Waals surface area contributed by atoms with E-state index in [9.17, 15) is 24.9 Å². The summed E-state index contributed by atoms with van der Waals surface area (Å²) in [6.45, 7) is -0.0185. The number of hydrogen-bond acceptors (Lipinski definition) is 4. The average molecular weight is 294 g/mol. The number of urea groups is 1. The number of likely N-dealkylation sites (tertiary alicyclic amines) is 1. The summed E-state index contributed by atoms with van der Waals surface area (Å²) in [7, 11) is 0. The molecule has 0 saturated carbocycles. The number of hydrogen-bond donors (Lipinski definition) is 4. The standard InChI is InChI=1S/C14H18N2O5/c17-11-7-16(8-12(11)18)14(21)15-10(13(19)20)6-9-4-2-1-3-5-9/h1-5,10-12,17-18H,6-8H2,(H,15,21)(H,19,20)/t10-,11-,12+/m0/s1. The number of nitrogens with one attached hydrogen (secondary N) is 1. The third kappa shape index (κ3) is 3.93. The summed E-state index contributed by atoms with van der Waals surface area (Å²) < 4.78 is 0. The van der Waals surface area contributed by atoms with Crippen LogP contribution in [0.3, 0.4) is 0 Å². The highest BCUT2D eigenvalue weighted by Gasteiger charge is 2.34. The second kappa shape index (κ2) is 6.55. The first kappa shape index (κ1) is 15.3. The van der Waals surface area contributed by atoms with E-state index in [0.29, 0.717) is 0 Å². The predicted octanol–water partition coefficient (Wildman–Crippen LogP) is -0.571. The minimum atomic E-state index is -1.13.